The maximum Gasteiger partial charge on any atom is 0.0749 e. The summed E-state index contributed by atoms with van der Waals surface area (Å²) in [6.07, 6.45) is 0. The monoisotopic (exact) mass is 346 g/mol. The Morgan fingerprint density at radius 2 is 1.89 bits per heavy atom. The molecule has 2 aromatic carbocycles. The quantitative estimate of drug-likeness (QED) is 0.455. The SMILES string of the molecule is Cn1c2cc(I)ccc2c2[nH]c3ccccc3c21. The highest BCUT2D eigenvalue weighted by Crippen LogP contribution is 2.33. The molecule has 2 nitrogen and oxygen atoms in total. The van der Waals surface area contributed by atoms with Crippen LogP contribution in [-0.2, 0) is 7.05 Å². The van der Waals surface area contributed by atoms with E-state index in [0.29, 0.717) is 0 Å². The Morgan fingerprint density at radius 1 is 1.06 bits per heavy atom. The number of para-hydroxylation sites is 1. The fourth-order valence-corrected chi connectivity index (χ4v) is 3.26. The highest BCUT2D eigenvalue weighted by molar-refractivity contribution is 14.1. The van der Waals surface area contributed by atoms with E-state index < -0.39 is 0 Å². The van der Waals surface area contributed by atoms with Crippen LogP contribution in [0.1, 0.15) is 0 Å². The van der Waals surface area contributed by atoms with Crippen molar-refractivity contribution in [2.45, 2.75) is 0 Å². The van der Waals surface area contributed by atoms with E-state index in [1.165, 1.54) is 36.4 Å². The fourth-order valence-electron chi connectivity index (χ4n) is 2.78. The maximum atomic E-state index is 3.54. The van der Waals surface area contributed by atoms with Gasteiger partial charge in [0, 0.05) is 26.9 Å². The van der Waals surface area contributed by atoms with Gasteiger partial charge in [-0.25, -0.2) is 0 Å². The van der Waals surface area contributed by atoms with Crippen LogP contribution in [0, 0.1) is 3.57 Å². The molecule has 4 rings (SSSR count). The lowest BCUT2D eigenvalue weighted by Crippen LogP contribution is -1.86. The lowest BCUT2D eigenvalue weighted by atomic mass is 10.2. The summed E-state index contributed by atoms with van der Waals surface area (Å²) in [7, 11) is 2.14. The van der Waals surface area contributed by atoms with Gasteiger partial charge in [0.25, 0.3) is 0 Å². The smallest absolute Gasteiger partial charge is 0.0749 e. The zero-order chi connectivity index (χ0) is 12.3. The summed E-state index contributed by atoms with van der Waals surface area (Å²) in [6, 6.07) is 15.1. The van der Waals surface area contributed by atoms with Crippen molar-refractivity contribution >= 4 is 55.4 Å². The molecular weight excluding hydrogens is 335 g/mol. The number of nitrogens with one attached hydrogen (secondary N) is 1. The van der Waals surface area contributed by atoms with Crippen LogP contribution in [0.15, 0.2) is 42.5 Å². The summed E-state index contributed by atoms with van der Waals surface area (Å²) < 4.78 is 3.55. The molecule has 18 heavy (non-hydrogen) atoms. The molecule has 0 saturated carbocycles. The van der Waals surface area contributed by atoms with Crippen LogP contribution in [0.4, 0.5) is 0 Å². The van der Waals surface area contributed by atoms with Crippen LogP contribution in [-0.4, -0.2) is 9.55 Å². The molecule has 2 heterocycles. The van der Waals surface area contributed by atoms with Gasteiger partial charge >= 0.3 is 0 Å². The number of aromatic amines is 1. The number of aryl methyl sites for hydroxylation is 1. The molecule has 2 aromatic heterocycles. The molecule has 0 spiro atoms. The van der Waals surface area contributed by atoms with Gasteiger partial charge in [0.1, 0.15) is 0 Å². The number of benzene rings is 2. The van der Waals surface area contributed by atoms with Gasteiger partial charge in [-0.2, -0.15) is 0 Å². The Hall–Kier alpha value is -1.49. The van der Waals surface area contributed by atoms with E-state index in [9.17, 15) is 0 Å². The van der Waals surface area contributed by atoms with Gasteiger partial charge in [-0.05, 0) is 46.9 Å². The number of rotatable bonds is 0. The predicted octanol–water partition coefficient (Wildman–Crippen LogP) is 4.42. The Kier molecular flexibility index (Phi) is 2.03. The van der Waals surface area contributed by atoms with Crippen LogP contribution in [0.2, 0.25) is 0 Å². The topological polar surface area (TPSA) is 20.7 Å². The van der Waals surface area contributed by atoms with Gasteiger partial charge in [0.2, 0.25) is 0 Å². The third-order valence-electron chi connectivity index (χ3n) is 3.60. The minimum absolute atomic E-state index is 1.21. The van der Waals surface area contributed by atoms with E-state index in [1.807, 2.05) is 0 Å². The molecule has 0 unspecified atom stereocenters. The second-order valence-corrected chi connectivity index (χ2v) is 5.86. The van der Waals surface area contributed by atoms with Crippen LogP contribution in [0.3, 0.4) is 0 Å². The lowest BCUT2D eigenvalue weighted by molar-refractivity contribution is 1.02. The van der Waals surface area contributed by atoms with Crippen molar-refractivity contribution in [2.75, 3.05) is 0 Å². The first-order chi connectivity index (χ1) is 8.75. The zero-order valence-electron chi connectivity index (χ0n) is 9.87. The van der Waals surface area contributed by atoms with Gasteiger partial charge in [0.05, 0.1) is 16.6 Å². The van der Waals surface area contributed by atoms with Gasteiger partial charge in [0.15, 0.2) is 0 Å². The van der Waals surface area contributed by atoms with Crippen molar-refractivity contribution in [1.82, 2.24) is 9.55 Å². The Labute approximate surface area is 118 Å². The molecule has 1 N–H and O–H groups in total. The molecule has 0 amide bonds. The maximum absolute atomic E-state index is 3.54. The van der Waals surface area contributed by atoms with Crippen molar-refractivity contribution in [2.24, 2.45) is 7.05 Å². The Balaban J connectivity index is 2.34. The van der Waals surface area contributed by atoms with Crippen LogP contribution >= 0.6 is 22.6 Å². The molecular formula is C15H11IN2. The standard InChI is InChI=1S/C15H11IN2/c1-18-13-8-9(16)6-7-11(13)14-15(18)10-4-2-3-5-12(10)17-14/h2-8,17H,1H3. The minimum atomic E-state index is 1.21. The predicted molar refractivity (Wildman–Crippen MR) is 85.0 cm³/mol. The molecule has 0 aliphatic heterocycles. The number of nitrogens with zero attached hydrogens (tertiary/aromatic N) is 1. The van der Waals surface area contributed by atoms with E-state index >= 15 is 0 Å². The molecule has 0 atom stereocenters. The average Bonchev–Trinajstić information content (AvgIpc) is 2.87. The molecule has 0 aliphatic rings. The number of hydrogen-bond acceptors (Lipinski definition) is 0. The minimum Gasteiger partial charge on any atom is -0.353 e. The molecule has 0 bridgehead atoms. The van der Waals surface area contributed by atoms with Gasteiger partial charge in [-0.1, -0.05) is 18.2 Å². The van der Waals surface area contributed by atoms with Crippen LogP contribution in [0.25, 0.3) is 32.8 Å². The molecule has 88 valence electrons. The number of hydrogen-bond donors (Lipinski definition) is 1. The van der Waals surface area contributed by atoms with Crippen LogP contribution in [0.5, 0.6) is 0 Å². The first kappa shape index (κ1) is 10.4. The summed E-state index contributed by atoms with van der Waals surface area (Å²) in [4.78, 5) is 3.54. The van der Waals surface area contributed by atoms with E-state index in [4.69, 9.17) is 0 Å². The first-order valence-corrected chi connectivity index (χ1v) is 6.98. The van der Waals surface area contributed by atoms with E-state index in [-0.39, 0.29) is 0 Å². The van der Waals surface area contributed by atoms with Crippen molar-refractivity contribution in [3.63, 3.8) is 0 Å². The zero-order valence-corrected chi connectivity index (χ0v) is 12.0. The fraction of sp³-hybridized carbons (Fsp3) is 0.0667. The lowest BCUT2D eigenvalue weighted by Gasteiger charge is -1.99. The molecule has 0 saturated heterocycles. The summed E-state index contributed by atoms with van der Waals surface area (Å²) in [5.41, 5.74) is 5.03. The second-order valence-electron chi connectivity index (χ2n) is 4.61. The molecule has 4 aromatic rings. The van der Waals surface area contributed by atoms with Gasteiger partial charge < -0.3 is 9.55 Å². The van der Waals surface area contributed by atoms with Gasteiger partial charge in [-0.15, -0.1) is 0 Å². The van der Waals surface area contributed by atoms with Crippen molar-refractivity contribution in [3.05, 3.63) is 46.0 Å². The number of halogens is 1. The summed E-state index contributed by atoms with van der Waals surface area (Å²) in [5.74, 6) is 0. The van der Waals surface area contributed by atoms with Crippen molar-refractivity contribution < 1.29 is 0 Å². The normalized spacial score (nSPS) is 11.9. The van der Waals surface area contributed by atoms with E-state index in [2.05, 4.69) is 81.7 Å². The number of fused-ring (bicyclic) bond motifs is 5. The molecule has 0 radical (unpaired) electrons. The summed E-state index contributed by atoms with van der Waals surface area (Å²) in [5, 5.41) is 2.59. The van der Waals surface area contributed by atoms with E-state index in [1.54, 1.807) is 0 Å². The highest BCUT2D eigenvalue weighted by atomic mass is 127. The number of aromatic nitrogens is 2. The molecule has 0 fully saturated rings. The summed E-state index contributed by atoms with van der Waals surface area (Å²) >= 11 is 2.36. The summed E-state index contributed by atoms with van der Waals surface area (Å²) in [6.45, 7) is 0. The largest absolute Gasteiger partial charge is 0.353 e. The van der Waals surface area contributed by atoms with E-state index in [0.717, 1.165) is 0 Å². The third kappa shape index (κ3) is 1.22. The average molecular weight is 346 g/mol. The molecule has 0 aliphatic carbocycles. The molecule has 3 heteroatoms. The second kappa shape index (κ2) is 3.51. The third-order valence-corrected chi connectivity index (χ3v) is 4.28. The van der Waals surface area contributed by atoms with Gasteiger partial charge in [-0.3, -0.25) is 0 Å². The Morgan fingerprint density at radius 3 is 2.78 bits per heavy atom. The van der Waals surface area contributed by atoms with Crippen molar-refractivity contribution in [1.29, 1.82) is 0 Å². The first-order valence-electron chi connectivity index (χ1n) is 5.90. The van der Waals surface area contributed by atoms with Crippen molar-refractivity contribution in [3.8, 4) is 0 Å². The van der Waals surface area contributed by atoms with Crippen LogP contribution < -0.4 is 0 Å². The number of H-pyrrole nitrogens is 1. The Bertz CT molecular complexity index is 899. The highest BCUT2D eigenvalue weighted by Gasteiger charge is 2.13.